The van der Waals surface area contributed by atoms with Gasteiger partial charge in [-0.1, -0.05) is 22.9 Å². The monoisotopic (exact) mass is 342 g/mol. The molecule has 1 aromatic rings. The predicted octanol–water partition coefficient (Wildman–Crippen LogP) is 3.94. The second-order valence-corrected chi connectivity index (χ2v) is 7.59. The Balaban J connectivity index is 2.22. The Bertz CT molecular complexity index is 489. The second kappa shape index (κ2) is 5.74. The summed E-state index contributed by atoms with van der Waals surface area (Å²) in [7, 11) is 0. The van der Waals surface area contributed by atoms with Crippen LogP contribution in [0, 0.1) is 5.82 Å². The quantitative estimate of drug-likeness (QED) is 0.894. The molecule has 1 aliphatic heterocycles. The summed E-state index contributed by atoms with van der Waals surface area (Å²) in [5, 5.41) is 3.63. The number of nitrogens with one attached hydrogen (secondary N) is 1. The fraction of sp³-hybridized carbons (Fsp3) is 0.625. The molecular weight excluding hydrogens is 319 g/mol. The van der Waals surface area contributed by atoms with Gasteiger partial charge in [0.05, 0.1) is 0 Å². The van der Waals surface area contributed by atoms with Gasteiger partial charge in [-0.15, -0.1) is 0 Å². The number of rotatable bonds is 3. The summed E-state index contributed by atoms with van der Waals surface area (Å²) >= 11 is 3.43. The Morgan fingerprint density at radius 2 is 2.05 bits per heavy atom. The van der Waals surface area contributed by atoms with E-state index in [2.05, 4.69) is 53.8 Å². The van der Waals surface area contributed by atoms with Gasteiger partial charge in [-0.05, 0) is 45.4 Å². The SMILES string of the molecule is CCC1(C)CN(Cc2cc(Br)ccc2F)C(C)(C)CN1. The molecule has 0 saturated carbocycles. The number of hydrogen-bond acceptors (Lipinski definition) is 2. The van der Waals surface area contributed by atoms with Gasteiger partial charge in [0, 0.05) is 40.7 Å². The Morgan fingerprint density at radius 3 is 2.70 bits per heavy atom. The second-order valence-electron chi connectivity index (χ2n) is 6.67. The Hall–Kier alpha value is -0.450. The summed E-state index contributed by atoms with van der Waals surface area (Å²) in [6.07, 6.45) is 1.07. The molecule has 0 spiro atoms. The molecule has 1 saturated heterocycles. The lowest BCUT2D eigenvalue weighted by Crippen LogP contribution is -2.66. The van der Waals surface area contributed by atoms with Crippen molar-refractivity contribution in [2.24, 2.45) is 0 Å². The van der Waals surface area contributed by atoms with Gasteiger partial charge in [0.25, 0.3) is 0 Å². The third kappa shape index (κ3) is 3.41. The molecule has 1 aliphatic rings. The molecule has 1 aromatic carbocycles. The molecule has 0 amide bonds. The van der Waals surface area contributed by atoms with Crippen molar-refractivity contribution in [2.45, 2.75) is 51.7 Å². The summed E-state index contributed by atoms with van der Waals surface area (Å²) < 4.78 is 14.9. The molecule has 1 N–H and O–H groups in total. The first-order valence-corrected chi connectivity index (χ1v) is 7.99. The topological polar surface area (TPSA) is 15.3 Å². The van der Waals surface area contributed by atoms with Gasteiger partial charge in [-0.3, -0.25) is 4.90 Å². The maximum Gasteiger partial charge on any atom is 0.127 e. The van der Waals surface area contributed by atoms with E-state index in [1.54, 1.807) is 6.07 Å². The fourth-order valence-electron chi connectivity index (χ4n) is 2.61. The van der Waals surface area contributed by atoms with Crippen LogP contribution in [0.5, 0.6) is 0 Å². The number of halogens is 2. The van der Waals surface area contributed by atoms with Gasteiger partial charge in [0.1, 0.15) is 5.82 Å². The van der Waals surface area contributed by atoms with Crippen LogP contribution in [-0.2, 0) is 6.54 Å². The maximum atomic E-state index is 14.0. The highest BCUT2D eigenvalue weighted by Crippen LogP contribution is 2.28. The molecule has 0 bridgehead atoms. The lowest BCUT2D eigenvalue weighted by molar-refractivity contribution is 0.0238. The number of hydrogen-bond donors (Lipinski definition) is 1. The van der Waals surface area contributed by atoms with Crippen LogP contribution in [0.15, 0.2) is 22.7 Å². The average molecular weight is 343 g/mol. The Labute approximate surface area is 129 Å². The zero-order valence-corrected chi connectivity index (χ0v) is 14.3. The van der Waals surface area contributed by atoms with E-state index in [-0.39, 0.29) is 16.9 Å². The third-order valence-electron chi connectivity index (χ3n) is 4.49. The highest BCUT2D eigenvalue weighted by atomic mass is 79.9. The Morgan fingerprint density at radius 1 is 1.35 bits per heavy atom. The van der Waals surface area contributed by atoms with Gasteiger partial charge in [0.15, 0.2) is 0 Å². The van der Waals surface area contributed by atoms with Crippen LogP contribution in [0.4, 0.5) is 4.39 Å². The number of benzene rings is 1. The van der Waals surface area contributed by atoms with E-state index in [1.165, 1.54) is 6.07 Å². The minimum absolute atomic E-state index is 0.0312. The molecule has 1 heterocycles. The van der Waals surface area contributed by atoms with Gasteiger partial charge >= 0.3 is 0 Å². The van der Waals surface area contributed by atoms with E-state index in [0.717, 1.165) is 29.5 Å². The average Bonchev–Trinajstić information content (AvgIpc) is 2.39. The van der Waals surface area contributed by atoms with Crippen LogP contribution in [0.3, 0.4) is 0 Å². The van der Waals surface area contributed by atoms with E-state index in [9.17, 15) is 4.39 Å². The molecule has 112 valence electrons. The van der Waals surface area contributed by atoms with Crippen LogP contribution < -0.4 is 5.32 Å². The van der Waals surface area contributed by atoms with Crippen molar-refractivity contribution >= 4 is 15.9 Å². The smallest absolute Gasteiger partial charge is 0.127 e. The first-order chi connectivity index (χ1) is 9.26. The van der Waals surface area contributed by atoms with Crippen LogP contribution in [0.25, 0.3) is 0 Å². The molecule has 4 heteroatoms. The standard InChI is InChI=1S/C16H24BrFN2/c1-5-16(4)11-20(15(2,3)10-19-16)9-12-8-13(17)6-7-14(12)18/h6-8,19H,5,9-11H2,1-4H3. The van der Waals surface area contributed by atoms with E-state index in [0.29, 0.717) is 6.54 Å². The highest BCUT2D eigenvalue weighted by molar-refractivity contribution is 9.10. The molecule has 2 rings (SSSR count). The van der Waals surface area contributed by atoms with Crippen molar-refractivity contribution in [1.82, 2.24) is 10.2 Å². The first kappa shape index (κ1) is 15.9. The molecule has 1 fully saturated rings. The van der Waals surface area contributed by atoms with Crippen molar-refractivity contribution in [3.63, 3.8) is 0 Å². The first-order valence-electron chi connectivity index (χ1n) is 7.20. The minimum atomic E-state index is -0.124. The predicted molar refractivity (Wildman–Crippen MR) is 85.3 cm³/mol. The van der Waals surface area contributed by atoms with Crippen molar-refractivity contribution < 1.29 is 4.39 Å². The molecule has 0 radical (unpaired) electrons. The van der Waals surface area contributed by atoms with Crippen LogP contribution in [0.1, 0.15) is 39.7 Å². The van der Waals surface area contributed by atoms with Gasteiger partial charge in [0.2, 0.25) is 0 Å². The van der Waals surface area contributed by atoms with Gasteiger partial charge in [-0.25, -0.2) is 4.39 Å². The van der Waals surface area contributed by atoms with E-state index < -0.39 is 0 Å². The molecule has 1 atom stereocenters. The van der Waals surface area contributed by atoms with Gasteiger partial charge < -0.3 is 5.32 Å². The van der Waals surface area contributed by atoms with E-state index in [1.807, 2.05) is 6.07 Å². The van der Waals surface area contributed by atoms with Gasteiger partial charge in [-0.2, -0.15) is 0 Å². The Kier molecular flexibility index (Phi) is 4.57. The molecule has 0 aromatic heterocycles. The van der Waals surface area contributed by atoms with E-state index >= 15 is 0 Å². The molecule has 0 aliphatic carbocycles. The lowest BCUT2D eigenvalue weighted by atomic mass is 9.88. The molecule has 2 nitrogen and oxygen atoms in total. The van der Waals surface area contributed by atoms with Crippen LogP contribution in [-0.4, -0.2) is 29.1 Å². The van der Waals surface area contributed by atoms with Crippen molar-refractivity contribution in [2.75, 3.05) is 13.1 Å². The van der Waals surface area contributed by atoms with Crippen molar-refractivity contribution in [3.8, 4) is 0 Å². The summed E-state index contributed by atoms with van der Waals surface area (Å²) in [6, 6.07) is 5.17. The van der Waals surface area contributed by atoms with Crippen LogP contribution >= 0.6 is 15.9 Å². The van der Waals surface area contributed by atoms with E-state index in [4.69, 9.17) is 0 Å². The maximum absolute atomic E-state index is 14.0. The fourth-order valence-corrected chi connectivity index (χ4v) is 3.02. The van der Waals surface area contributed by atoms with Crippen molar-refractivity contribution in [3.05, 3.63) is 34.1 Å². The lowest BCUT2D eigenvalue weighted by Gasteiger charge is -2.50. The zero-order valence-electron chi connectivity index (χ0n) is 12.8. The minimum Gasteiger partial charge on any atom is -0.308 e. The summed E-state index contributed by atoms with van der Waals surface area (Å²) in [5.41, 5.74) is 0.898. The number of nitrogens with zero attached hydrogens (tertiary/aromatic N) is 1. The molecule has 20 heavy (non-hydrogen) atoms. The highest BCUT2D eigenvalue weighted by Gasteiger charge is 2.39. The normalized spacial score (nSPS) is 26.7. The number of piperazine rings is 1. The largest absolute Gasteiger partial charge is 0.308 e. The molecule has 1 unspecified atom stereocenters. The van der Waals surface area contributed by atoms with Crippen molar-refractivity contribution in [1.29, 1.82) is 0 Å². The molecular formula is C16H24BrFN2. The summed E-state index contributed by atoms with van der Waals surface area (Å²) in [5.74, 6) is -0.124. The zero-order chi connectivity index (χ0) is 15.0. The van der Waals surface area contributed by atoms with Crippen LogP contribution in [0.2, 0.25) is 0 Å². The summed E-state index contributed by atoms with van der Waals surface area (Å²) in [4.78, 5) is 2.39. The third-order valence-corrected chi connectivity index (χ3v) is 4.99. The summed E-state index contributed by atoms with van der Waals surface area (Å²) in [6.45, 7) is 11.4.